The second-order valence-electron chi connectivity index (χ2n) is 9.85. The highest BCUT2D eigenvalue weighted by atomic mass is 16.4. The van der Waals surface area contributed by atoms with Gasteiger partial charge < -0.3 is 31.5 Å². The predicted molar refractivity (Wildman–Crippen MR) is 147 cm³/mol. The summed E-state index contributed by atoms with van der Waals surface area (Å²) in [5, 5.41) is 26.7. The third kappa shape index (κ3) is 6.67. The van der Waals surface area contributed by atoms with Crippen molar-refractivity contribution in [2.75, 3.05) is 6.54 Å². The predicted octanol–water partition coefficient (Wildman–Crippen LogP) is 0.722. The number of nitrogens with zero attached hydrogens (tertiary/aromatic N) is 2. The number of aromatic nitrogens is 1. The molecule has 0 aliphatic carbocycles. The summed E-state index contributed by atoms with van der Waals surface area (Å²) < 4.78 is 0. The zero-order chi connectivity index (χ0) is 29.6. The largest absolute Gasteiger partial charge is 0.478 e. The number of hydrogen-bond acceptors (Lipinski definition) is 7. The van der Waals surface area contributed by atoms with E-state index in [0.29, 0.717) is 18.4 Å². The third-order valence-electron chi connectivity index (χ3n) is 7.03. The number of aryl methyl sites for hydroxylation is 1. The van der Waals surface area contributed by atoms with Gasteiger partial charge in [0.2, 0.25) is 17.7 Å². The number of amides is 4. The fourth-order valence-electron chi connectivity index (χ4n) is 4.90. The lowest BCUT2D eigenvalue weighted by atomic mass is 10.0. The van der Waals surface area contributed by atoms with Crippen molar-refractivity contribution in [3.8, 4) is 0 Å². The number of hydrogen-bond donors (Lipinski definition) is 5. The average molecular weight is 562 g/mol. The Balaban J connectivity index is 1.44. The number of benzene rings is 2. The average Bonchev–Trinajstić information content (AvgIpc) is 3.29. The van der Waals surface area contributed by atoms with Gasteiger partial charge in [0.15, 0.2) is 0 Å². The first-order chi connectivity index (χ1) is 19.6. The Labute approximate surface area is 235 Å². The van der Waals surface area contributed by atoms with E-state index in [2.05, 4.69) is 15.6 Å². The molecular formula is C29H31N5O7. The van der Waals surface area contributed by atoms with Crippen LogP contribution in [0.4, 0.5) is 0 Å². The molecule has 0 bridgehead atoms. The quantitative estimate of drug-likeness (QED) is 0.226. The van der Waals surface area contributed by atoms with E-state index in [1.54, 1.807) is 18.2 Å². The van der Waals surface area contributed by atoms with Gasteiger partial charge in [0.05, 0.1) is 18.0 Å². The van der Waals surface area contributed by atoms with Crippen molar-refractivity contribution in [1.29, 1.82) is 0 Å². The monoisotopic (exact) mass is 561 g/mol. The summed E-state index contributed by atoms with van der Waals surface area (Å²) in [6.07, 6.45) is 0.354. The summed E-state index contributed by atoms with van der Waals surface area (Å²) in [5.74, 6) is -4.89. The number of aliphatic hydroxyl groups is 1. The van der Waals surface area contributed by atoms with Gasteiger partial charge >= 0.3 is 5.97 Å². The minimum Gasteiger partial charge on any atom is -0.478 e. The van der Waals surface area contributed by atoms with Crippen LogP contribution in [0.25, 0.3) is 10.9 Å². The van der Waals surface area contributed by atoms with Gasteiger partial charge in [-0.1, -0.05) is 54.6 Å². The summed E-state index contributed by atoms with van der Waals surface area (Å²) in [7, 11) is 0. The number of carbonyl (C=O) groups is 5. The van der Waals surface area contributed by atoms with Crippen molar-refractivity contribution in [3.63, 3.8) is 0 Å². The van der Waals surface area contributed by atoms with Gasteiger partial charge in [0.1, 0.15) is 11.7 Å². The maximum absolute atomic E-state index is 13.2. The first-order valence-electron chi connectivity index (χ1n) is 13.1. The zero-order valence-corrected chi connectivity index (χ0v) is 22.2. The topological polar surface area (TPSA) is 192 Å². The molecule has 1 aliphatic heterocycles. The summed E-state index contributed by atoms with van der Waals surface area (Å²) in [6.45, 7) is -0.119. The fraction of sp³-hybridized carbons (Fsp3) is 0.310. The van der Waals surface area contributed by atoms with Crippen LogP contribution in [0, 0.1) is 0 Å². The SMILES string of the molecule is NC(=O)C[C@H](NC(=O)c1ccc2ccccc2n1)C(=O)N[C@H]1CCN(C(=O)CCCc2ccccc2)[C@@]1(O)C(=O)O. The van der Waals surface area contributed by atoms with Gasteiger partial charge in [0, 0.05) is 18.4 Å². The number of nitrogens with two attached hydrogens (primary N) is 1. The summed E-state index contributed by atoms with van der Waals surface area (Å²) >= 11 is 0. The van der Waals surface area contributed by atoms with Crippen molar-refractivity contribution >= 4 is 40.5 Å². The number of carbonyl (C=O) groups excluding carboxylic acids is 4. The Hall–Kier alpha value is -4.84. The molecule has 0 unspecified atom stereocenters. The fourth-order valence-corrected chi connectivity index (χ4v) is 4.90. The van der Waals surface area contributed by atoms with E-state index in [4.69, 9.17) is 5.73 Å². The van der Waals surface area contributed by atoms with Gasteiger partial charge in [-0.2, -0.15) is 0 Å². The lowest BCUT2D eigenvalue weighted by Gasteiger charge is -2.34. The van der Waals surface area contributed by atoms with E-state index in [1.165, 1.54) is 6.07 Å². The number of aliphatic carboxylic acids is 1. The Bertz CT molecular complexity index is 1460. The molecule has 0 radical (unpaired) electrons. The molecule has 1 aliphatic rings. The van der Waals surface area contributed by atoms with E-state index in [-0.39, 0.29) is 25.1 Å². The standard InChI is InChI=1S/C29H31N5O7/c30-24(35)17-22(32-26(37)21-14-13-19-10-4-5-11-20(19)31-21)27(38)33-23-15-16-34(29(23,41)28(39)40)25(36)12-6-9-18-7-2-1-3-8-18/h1-5,7-8,10-11,13-14,22-23,41H,6,9,12,15-17H2,(H2,30,35)(H,32,37)(H,33,38)(H,39,40)/t22-,23-,29-/m0/s1. The van der Waals surface area contributed by atoms with Crippen LogP contribution in [-0.2, 0) is 25.6 Å². The van der Waals surface area contributed by atoms with Crippen LogP contribution in [0.15, 0.2) is 66.7 Å². The number of pyridine rings is 1. The molecule has 1 aromatic heterocycles. The van der Waals surface area contributed by atoms with Crippen molar-refractivity contribution < 1.29 is 34.2 Å². The second-order valence-corrected chi connectivity index (χ2v) is 9.85. The summed E-state index contributed by atoms with van der Waals surface area (Å²) in [5.41, 5.74) is 4.12. The lowest BCUT2D eigenvalue weighted by molar-refractivity contribution is -0.186. The summed E-state index contributed by atoms with van der Waals surface area (Å²) in [6, 6.07) is 16.8. The molecule has 4 rings (SSSR count). The van der Waals surface area contributed by atoms with Gasteiger partial charge in [0.25, 0.3) is 11.6 Å². The molecule has 1 fully saturated rings. The molecule has 3 atom stereocenters. The minimum absolute atomic E-state index is 0.00966. The molecule has 12 heteroatoms. The van der Waals surface area contributed by atoms with Gasteiger partial charge in [-0.25, -0.2) is 9.78 Å². The van der Waals surface area contributed by atoms with Crippen LogP contribution in [0.5, 0.6) is 0 Å². The lowest BCUT2D eigenvalue weighted by Crippen LogP contribution is -2.64. The smallest absolute Gasteiger partial charge is 0.359 e. The van der Waals surface area contributed by atoms with Crippen LogP contribution in [0.1, 0.15) is 41.7 Å². The van der Waals surface area contributed by atoms with Crippen LogP contribution in [-0.4, -0.2) is 74.0 Å². The van der Waals surface area contributed by atoms with Crippen LogP contribution in [0.2, 0.25) is 0 Å². The number of nitrogens with one attached hydrogen (secondary N) is 2. The highest BCUT2D eigenvalue weighted by molar-refractivity contribution is 5.99. The van der Waals surface area contributed by atoms with E-state index in [0.717, 1.165) is 15.8 Å². The molecule has 3 aromatic rings. The first-order valence-corrected chi connectivity index (χ1v) is 13.1. The Morgan fingerprint density at radius 2 is 1.73 bits per heavy atom. The van der Waals surface area contributed by atoms with E-state index in [9.17, 15) is 34.2 Å². The molecule has 1 saturated heterocycles. The molecule has 2 heterocycles. The highest BCUT2D eigenvalue weighted by Gasteiger charge is 2.56. The molecule has 12 nitrogen and oxygen atoms in total. The molecular weight excluding hydrogens is 530 g/mol. The maximum Gasteiger partial charge on any atom is 0.359 e. The molecule has 41 heavy (non-hydrogen) atoms. The summed E-state index contributed by atoms with van der Waals surface area (Å²) in [4.78, 5) is 68.0. The van der Waals surface area contributed by atoms with E-state index < -0.39 is 53.8 Å². The molecule has 0 saturated carbocycles. The number of likely N-dealkylation sites (tertiary alicyclic amines) is 1. The van der Waals surface area contributed by atoms with E-state index in [1.807, 2.05) is 42.5 Å². The molecule has 4 amide bonds. The molecule has 2 aromatic carbocycles. The number of rotatable bonds is 11. The normalized spacial score (nSPS) is 19.0. The van der Waals surface area contributed by atoms with Crippen molar-refractivity contribution in [2.24, 2.45) is 5.73 Å². The molecule has 6 N–H and O–H groups in total. The number of carboxylic acids is 1. The Kier molecular flexibility index (Phi) is 8.93. The second kappa shape index (κ2) is 12.6. The van der Waals surface area contributed by atoms with Gasteiger partial charge in [-0.15, -0.1) is 0 Å². The zero-order valence-electron chi connectivity index (χ0n) is 22.2. The van der Waals surface area contributed by atoms with Crippen molar-refractivity contribution in [2.45, 2.75) is 49.9 Å². The third-order valence-corrected chi connectivity index (χ3v) is 7.03. The minimum atomic E-state index is -2.72. The number of carboxylic acid groups (broad SMARTS) is 1. The van der Waals surface area contributed by atoms with E-state index >= 15 is 0 Å². The maximum atomic E-state index is 13.2. The Morgan fingerprint density at radius 1 is 1.02 bits per heavy atom. The van der Waals surface area contributed by atoms with Crippen molar-refractivity contribution in [3.05, 3.63) is 78.0 Å². The Morgan fingerprint density at radius 3 is 2.44 bits per heavy atom. The number of para-hydroxylation sites is 1. The number of primary amides is 1. The first kappa shape index (κ1) is 29.2. The number of fused-ring (bicyclic) bond motifs is 1. The van der Waals surface area contributed by atoms with Gasteiger partial charge in [-0.05, 0) is 37.0 Å². The van der Waals surface area contributed by atoms with Crippen LogP contribution in [0.3, 0.4) is 0 Å². The molecule has 214 valence electrons. The van der Waals surface area contributed by atoms with Gasteiger partial charge in [-0.3, -0.25) is 19.2 Å². The van der Waals surface area contributed by atoms with Crippen LogP contribution < -0.4 is 16.4 Å². The van der Waals surface area contributed by atoms with Crippen LogP contribution >= 0.6 is 0 Å². The molecule has 0 spiro atoms. The highest BCUT2D eigenvalue weighted by Crippen LogP contribution is 2.29. The van der Waals surface area contributed by atoms with Crippen molar-refractivity contribution in [1.82, 2.24) is 20.5 Å².